The number of halogens is 7. The van der Waals surface area contributed by atoms with Crippen LogP contribution in [-0.2, 0) is 0 Å². The van der Waals surface area contributed by atoms with Crippen LogP contribution in [0.25, 0.3) is 0 Å². The van der Waals surface area contributed by atoms with Gasteiger partial charge in [-0.2, -0.15) is 0 Å². The molecule has 11 heteroatoms. The number of benzene rings is 3. The van der Waals surface area contributed by atoms with E-state index in [1.807, 2.05) is 4.90 Å². The largest absolute Gasteiger partial charge is 0.368 e. The SMILES string of the molecule is O=C(Nc1ccc(N2CCN(c3c(F)c(F)c(F)c(F)c3F)CC2)cc1)c1cccc(Cl)c1Cl. The van der Waals surface area contributed by atoms with E-state index in [9.17, 15) is 26.7 Å². The van der Waals surface area contributed by atoms with Crippen molar-refractivity contribution in [2.75, 3.05) is 41.3 Å². The van der Waals surface area contributed by atoms with Crippen LogP contribution in [0.15, 0.2) is 42.5 Å². The molecular weight excluding hydrogens is 500 g/mol. The van der Waals surface area contributed by atoms with Crippen molar-refractivity contribution in [3.8, 4) is 0 Å². The summed E-state index contributed by atoms with van der Waals surface area (Å²) in [4.78, 5) is 15.5. The molecule has 1 saturated heterocycles. The maximum atomic E-state index is 14.1. The molecule has 4 rings (SSSR count). The van der Waals surface area contributed by atoms with Crippen molar-refractivity contribution in [3.63, 3.8) is 0 Å². The molecule has 1 heterocycles. The van der Waals surface area contributed by atoms with Crippen LogP contribution in [-0.4, -0.2) is 32.1 Å². The lowest BCUT2D eigenvalue weighted by Gasteiger charge is -2.37. The van der Waals surface area contributed by atoms with Gasteiger partial charge in [0.05, 0.1) is 15.6 Å². The predicted octanol–water partition coefficient (Wildman–Crippen LogP) is 6.27. The molecule has 1 aliphatic heterocycles. The third kappa shape index (κ3) is 4.50. The van der Waals surface area contributed by atoms with Crippen LogP contribution in [0.3, 0.4) is 0 Å². The molecule has 0 unspecified atom stereocenters. The molecule has 3 aromatic rings. The highest BCUT2D eigenvalue weighted by Crippen LogP contribution is 2.32. The predicted molar refractivity (Wildman–Crippen MR) is 122 cm³/mol. The lowest BCUT2D eigenvalue weighted by atomic mass is 10.1. The monoisotopic (exact) mass is 515 g/mol. The molecule has 0 aromatic heterocycles. The van der Waals surface area contributed by atoms with E-state index < -0.39 is 40.7 Å². The van der Waals surface area contributed by atoms with E-state index in [1.54, 1.807) is 42.5 Å². The highest BCUT2D eigenvalue weighted by atomic mass is 35.5. The molecule has 0 aliphatic carbocycles. The minimum atomic E-state index is -2.18. The van der Waals surface area contributed by atoms with Crippen LogP contribution in [0.5, 0.6) is 0 Å². The molecule has 4 nitrogen and oxygen atoms in total. The Morgan fingerprint density at radius 3 is 1.85 bits per heavy atom. The summed E-state index contributed by atoms with van der Waals surface area (Å²) in [5, 5.41) is 3.12. The fourth-order valence-corrected chi connectivity index (χ4v) is 4.08. The van der Waals surface area contributed by atoms with Gasteiger partial charge in [0.2, 0.25) is 5.82 Å². The van der Waals surface area contributed by atoms with Gasteiger partial charge in [-0.3, -0.25) is 4.79 Å². The lowest BCUT2D eigenvalue weighted by molar-refractivity contribution is 0.102. The molecule has 1 N–H and O–H groups in total. The molecule has 1 aliphatic rings. The number of carbonyl (C=O) groups excluding carboxylic acids is 1. The van der Waals surface area contributed by atoms with Gasteiger partial charge >= 0.3 is 0 Å². The van der Waals surface area contributed by atoms with Crippen molar-refractivity contribution >= 4 is 46.2 Å². The van der Waals surface area contributed by atoms with Crippen molar-refractivity contribution in [2.24, 2.45) is 0 Å². The maximum absolute atomic E-state index is 14.1. The van der Waals surface area contributed by atoms with Gasteiger partial charge in [-0.15, -0.1) is 0 Å². The second-order valence-corrected chi connectivity index (χ2v) is 8.28. The fraction of sp³-hybridized carbons (Fsp3) is 0.174. The van der Waals surface area contributed by atoms with Crippen LogP contribution in [0.2, 0.25) is 10.0 Å². The molecule has 178 valence electrons. The Bertz CT molecular complexity index is 1220. The molecule has 3 aromatic carbocycles. The number of rotatable bonds is 4. The Morgan fingerprint density at radius 2 is 1.26 bits per heavy atom. The zero-order chi connectivity index (χ0) is 24.6. The van der Waals surface area contributed by atoms with Gasteiger partial charge in [0.15, 0.2) is 23.3 Å². The smallest absolute Gasteiger partial charge is 0.257 e. The van der Waals surface area contributed by atoms with E-state index in [2.05, 4.69) is 5.32 Å². The van der Waals surface area contributed by atoms with E-state index in [1.165, 1.54) is 0 Å². The number of hydrogen-bond donors (Lipinski definition) is 1. The van der Waals surface area contributed by atoms with E-state index in [4.69, 9.17) is 23.2 Å². The summed E-state index contributed by atoms with van der Waals surface area (Å²) >= 11 is 12.0. The van der Waals surface area contributed by atoms with Gasteiger partial charge in [-0.1, -0.05) is 29.3 Å². The molecule has 0 radical (unpaired) electrons. The van der Waals surface area contributed by atoms with Crippen molar-refractivity contribution in [1.82, 2.24) is 0 Å². The van der Waals surface area contributed by atoms with Crippen LogP contribution in [0, 0.1) is 29.1 Å². The number of amides is 1. The minimum absolute atomic E-state index is 0.0457. The molecule has 1 amide bonds. The van der Waals surface area contributed by atoms with Gasteiger partial charge < -0.3 is 15.1 Å². The average Bonchev–Trinajstić information content (AvgIpc) is 2.84. The Labute approximate surface area is 201 Å². The normalized spacial score (nSPS) is 13.9. The first-order chi connectivity index (χ1) is 16.2. The first kappa shape index (κ1) is 24.1. The number of piperazine rings is 1. The lowest BCUT2D eigenvalue weighted by Crippen LogP contribution is -2.47. The van der Waals surface area contributed by atoms with E-state index >= 15 is 0 Å². The molecule has 0 atom stereocenters. The summed E-state index contributed by atoms with van der Waals surface area (Å²) in [7, 11) is 0. The Hall–Kier alpha value is -3.04. The van der Waals surface area contributed by atoms with Crippen LogP contribution in [0.1, 0.15) is 10.4 Å². The van der Waals surface area contributed by atoms with Crippen molar-refractivity contribution < 1.29 is 26.7 Å². The van der Waals surface area contributed by atoms with Crippen LogP contribution in [0.4, 0.5) is 39.0 Å². The highest BCUT2D eigenvalue weighted by molar-refractivity contribution is 6.44. The minimum Gasteiger partial charge on any atom is -0.368 e. The van der Waals surface area contributed by atoms with E-state index in [-0.39, 0.29) is 41.8 Å². The molecular formula is C23H16Cl2F5N3O. The summed E-state index contributed by atoms with van der Waals surface area (Å²) < 4.78 is 68.6. The summed E-state index contributed by atoms with van der Waals surface area (Å²) in [5.74, 6) is -10.2. The summed E-state index contributed by atoms with van der Waals surface area (Å²) in [6.07, 6.45) is 0. The van der Waals surface area contributed by atoms with Crippen molar-refractivity contribution in [3.05, 3.63) is 87.2 Å². The average molecular weight is 516 g/mol. The van der Waals surface area contributed by atoms with Crippen LogP contribution >= 0.6 is 23.2 Å². The molecule has 1 fully saturated rings. The standard InChI is InChI=1S/C23H16Cl2F5N3O/c24-15-3-1-2-14(16(15)25)23(34)31-12-4-6-13(7-5-12)32-8-10-33(11-9-32)22-20(29)18(27)17(26)19(28)21(22)30/h1-7H,8-11H2,(H,31,34). The van der Waals surface area contributed by atoms with Crippen LogP contribution < -0.4 is 15.1 Å². The first-order valence-corrected chi connectivity index (χ1v) is 10.8. The number of carbonyl (C=O) groups is 1. The van der Waals surface area contributed by atoms with Gasteiger partial charge in [-0.05, 0) is 36.4 Å². The summed E-state index contributed by atoms with van der Waals surface area (Å²) in [6.45, 7) is 0.654. The van der Waals surface area contributed by atoms with Gasteiger partial charge in [0, 0.05) is 37.6 Å². The van der Waals surface area contributed by atoms with Crippen molar-refractivity contribution in [1.29, 1.82) is 0 Å². The topological polar surface area (TPSA) is 35.6 Å². The second kappa shape index (κ2) is 9.68. The number of nitrogens with one attached hydrogen (secondary N) is 1. The Kier molecular flexibility index (Phi) is 6.86. The molecule has 0 spiro atoms. The summed E-state index contributed by atoms with van der Waals surface area (Å²) in [5.41, 5.74) is 0.567. The second-order valence-electron chi connectivity index (χ2n) is 7.49. The van der Waals surface area contributed by atoms with Gasteiger partial charge in [0.1, 0.15) is 5.69 Å². The number of hydrogen-bond acceptors (Lipinski definition) is 3. The first-order valence-electron chi connectivity index (χ1n) is 10.1. The summed E-state index contributed by atoms with van der Waals surface area (Å²) in [6, 6.07) is 11.5. The number of anilines is 3. The van der Waals surface area contributed by atoms with Gasteiger partial charge in [0.25, 0.3) is 5.91 Å². The Morgan fingerprint density at radius 1 is 0.735 bits per heavy atom. The zero-order valence-electron chi connectivity index (χ0n) is 17.3. The third-order valence-corrected chi connectivity index (χ3v) is 6.29. The van der Waals surface area contributed by atoms with E-state index in [0.29, 0.717) is 5.69 Å². The Balaban J connectivity index is 1.42. The quantitative estimate of drug-likeness (QED) is 0.253. The molecule has 0 bridgehead atoms. The van der Waals surface area contributed by atoms with E-state index in [0.717, 1.165) is 10.6 Å². The number of nitrogens with zero attached hydrogens (tertiary/aromatic N) is 2. The van der Waals surface area contributed by atoms with Crippen molar-refractivity contribution in [2.45, 2.75) is 0 Å². The zero-order valence-corrected chi connectivity index (χ0v) is 18.8. The van der Waals surface area contributed by atoms with Gasteiger partial charge in [-0.25, -0.2) is 22.0 Å². The highest BCUT2D eigenvalue weighted by Gasteiger charge is 2.30. The fourth-order valence-electron chi connectivity index (χ4n) is 3.69. The molecule has 34 heavy (non-hydrogen) atoms. The molecule has 0 saturated carbocycles. The third-order valence-electron chi connectivity index (χ3n) is 5.47. The maximum Gasteiger partial charge on any atom is 0.257 e.